The van der Waals surface area contributed by atoms with Crippen LogP contribution < -0.4 is 0 Å². The van der Waals surface area contributed by atoms with Crippen molar-refractivity contribution in [3.63, 3.8) is 0 Å². The number of unbranched alkanes of at least 4 members (excludes halogenated alkanes) is 37. The SMILES string of the molecule is CCCCCC/C=C\CCCCCCCC(=O)OCC(COC(=O)CCCCCCCCCCCC/C=C\C/C=C\C/C=C\CCCCCCC)OC(=O)CCCCCCCCCCCCCCCC. The topological polar surface area (TPSA) is 78.9 Å². The summed E-state index contributed by atoms with van der Waals surface area (Å²) in [6, 6.07) is 0. The normalized spacial score (nSPS) is 12.3. The van der Waals surface area contributed by atoms with Gasteiger partial charge in [0.05, 0.1) is 0 Å². The van der Waals surface area contributed by atoms with Crippen molar-refractivity contribution < 1.29 is 28.6 Å². The van der Waals surface area contributed by atoms with Gasteiger partial charge in [0.2, 0.25) is 0 Å². The molecule has 0 amide bonds. The molecule has 0 bridgehead atoms. The minimum absolute atomic E-state index is 0.0745. The van der Waals surface area contributed by atoms with Gasteiger partial charge in [-0.1, -0.05) is 268 Å². The highest BCUT2D eigenvalue weighted by atomic mass is 16.6. The number of ether oxygens (including phenoxy) is 3. The molecular formula is C64H116O6. The predicted molar refractivity (Wildman–Crippen MR) is 302 cm³/mol. The van der Waals surface area contributed by atoms with Crippen LogP contribution in [0, 0.1) is 0 Å². The molecular weight excluding hydrogens is 865 g/mol. The van der Waals surface area contributed by atoms with Crippen LogP contribution in [0.1, 0.15) is 323 Å². The molecule has 6 nitrogen and oxygen atoms in total. The second-order valence-corrected chi connectivity index (χ2v) is 20.6. The zero-order valence-electron chi connectivity index (χ0n) is 46.8. The first kappa shape index (κ1) is 67.4. The molecule has 0 rings (SSSR count). The van der Waals surface area contributed by atoms with E-state index in [1.165, 1.54) is 205 Å². The van der Waals surface area contributed by atoms with Crippen molar-refractivity contribution >= 4 is 17.9 Å². The van der Waals surface area contributed by atoms with E-state index in [2.05, 4.69) is 69.4 Å². The fourth-order valence-corrected chi connectivity index (χ4v) is 8.92. The molecule has 0 saturated heterocycles. The zero-order chi connectivity index (χ0) is 50.7. The Morgan fingerprint density at radius 1 is 0.286 bits per heavy atom. The van der Waals surface area contributed by atoms with Gasteiger partial charge in [0, 0.05) is 19.3 Å². The van der Waals surface area contributed by atoms with Crippen molar-refractivity contribution in [1.29, 1.82) is 0 Å². The smallest absolute Gasteiger partial charge is 0.306 e. The Morgan fingerprint density at radius 3 is 0.829 bits per heavy atom. The Morgan fingerprint density at radius 2 is 0.514 bits per heavy atom. The van der Waals surface area contributed by atoms with Crippen LogP contribution in [-0.2, 0) is 28.6 Å². The number of allylic oxidation sites excluding steroid dienone is 8. The van der Waals surface area contributed by atoms with E-state index in [1.807, 2.05) is 0 Å². The first-order chi connectivity index (χ1) is 34.5. The van der Waals surface area contributed by atoms with Crippen molar-refractivity contribution in [2.45, 2.75) is 329 Å². The van der Waals surface area contributed by atoms with Crippen LogP contribution in [0.25, 0.3) is 0 Å². The highest BCUT2D eigenvalue weighted by Crippen LogP contribution is 2.16. The van der Waals surface area contributed by atoms with E-state index in [0.29, 0.717) is 19.3 Å². The van der Waals surface area contributed by atoms with Gasteiger partial charge in [0.15, 0.2) is 6.10 Å². The zero-order valence-corrected chi connectivity index (χ0v) is 46.8. The highest BCUT2D eigenvalue weighted by Gasteiger charge is 2.19. The summed E-state index contributed by atoms with van der Waals surface area (Å²) in [5.74, 6) is -0.870. The van der Waals surface area contributed by atoms with E-state index >= 15 is 0 Å². The largest absolute Gasteiger partial charge is 0.462 e. The van der Waals surface area contributed by atoms with Gasteiger partial charge in [-0.2, -0.15) is 0 Å². The van der Waals surface area contributed by atoms with Crippen LogP contribution in [0.5, 0.6) is 0 Å². The first-order valence-electron chi connectivity index (χ1n) is 30.6. The summed E-state index contributed by atoms with van der Waals surface area (Å²) in [6.45, 7) is 6.64. The lowest BCUT2D eigenvalue weighted by molar-refractivity contribution is -0.167. The summed E-state index contributed by atoms with van der Waals surface area (Å²) in [6.07, 6.45) is 72.5. The van der Waals surface area contributed by atoms with Crippen LogP contribution in [0.15, 0.2) is 48.6 Å². The third kappa shape index (κ3) is 56.3. The van der Waals surface area contributed by atoms with E-state index in [9.17, 15) is 14.4 Å². The van der Waals surface area contributed by atoms with Crippen LogP contribution in [0.4, 0.5) is 0 Å². The van der Waals surface area contributed by atoms with Crippen LogP contribution in [0.2, 0.25) is 0 Å². The molecule has 0 fully saturated rings. The van der Waals surface area contributed by atoms with E-state index in [0.717, 1.165) is 77.0 Å². The molecule has 0 radical (unpaired) electrons. The lowest BCUT2D eigenvalue weighted by atomic mass is 10.0. The molecule has 0 saturated carbocycles. The average Bonchev–Trinajstić information content (AvgIpc) is 3.36. The van der Waals surface area contributed by atoms with E-state index in [4.69, 9.17) is 14.2 Å². The molecule has 6 heteroatoms. The lowest BCUT2D eigenvalue weighted by Gasteiger charge is -2.18. The third-order valence-electron chi connectivity index (χ3n) is 13.6. The molecule has 0 N–H and O–H groups in total. The second-order valence-electron chi connectivity index (χ2n) is 20.6. The minimum Gasteiger partial charge on any atom is -0.462 e. The summed E-state index contributed by atoms with van der Waals surface area (Å²) >= 11 is 0. The van der Waals surface area contributed by atoms with Gasteiger partial charge in [0.1, 0.15) is 13.2 Å². The Balaban J connectivity index is 4.26. The summed E-state index contributed by atoms with van der Waals surface area (Å²) in [5.41, 5.74) is 0. The third-order valence-corrected chi connectivity index (χ3v) is 13.6. The van der Waals surface area contributed by atoms with Gasteiger partial charge in [-0.15, -0.1) is 0 Å². The Kier molecular flexibility index (Phi) is 56.7. The summed E-state index contributed by atoms with van der Waals surface area (Å²) < 4.78 is 16.9. The number of esters is 3. The van der Waals surface area contributed by atoms with Gasteiger partial charge in [0.25, 0.3) is 0 Å². The number of hydrogen-bond acceptors (Lipinski definition) is 6. The fourth-order valence-electron chi connectivity index (χ4n) is 8.92. The van der Waals surface area contributed by atoms with Gasteiger partial charge in [-0.3, -0.25) is 14.4 Å². The molecule has 0 aromatic rings. The number of carbonyl (C=O) groups excluding carboxylic acids is 3. The predicted octanol–water partition coefficient (Wildman–Crippen LogP) is 20.6. The molecule has 408 valence electrons. The molecule has 1 unspecified atom stereocenters. The summed E-state index contributed by atoms with van der Waals surface area (Å²) in [7, 11) is 0. The van der Waals surface area contributed by atoms with Crippen LogP contribution in [-0.4, -0.2) is 37.2 Å². The van der Waals surface area contributed by atoms with E-state index in [1.54, 1.807) is 0 Å². The molecule has 0 heterocycles. The molecule has 1 atom stereocenters. The molecule has 0 aromatic carbocycles. The van der Waals surface area contributed by atoms with E-state index < -0.39 is 6.10 Å². The molecule has 0 spiro atoms. The van der Waals surface area contributed by atoms with Crippen molar-refractivity contribution in [2.75, 3.05) is 13.2 Å². The van der Waals surface area contributed by atoms with Gasteiger partial charge in [-0.05, 0) is 83.5 Å². The lowest BCUT2D eigenvalue weighted by Crippen LogP contribution is -2.30. The standard InChI is InChI=1S/C64H116O6/c1-4-7-10-13-16-19-22-25-27-28-29-30-31-32-33-34-35-36-37-40-42-45-48-51-54-57-63(66)69-60-61(59-68-62(65)56-53-50-47-44-41-38-24-21-18-15-12-9-6-3)70-64(67)58-55-52-49-46-43-39-26-23-20-17-14-11-8-5-2/h21-22,24-25,28-29,31-32,61H,4-20,23,26-27,30,33-60H2,1-3H3/b24-21-,25-22-,29-28-,32-31-. The van der Waals surface area contributed by atoms with Gasteiger partial charge in [-0.25, -0.2) is 0 Å². The van der Waals surface area contributed by atoms with Crippen molar-refractivity contribution in [3.8, 4) is 0 Å². The first-order valence-corrected chi connectivity index (χ1v) is 30.6. The number of carbonyl (C=O) groups is 3. The summed E-state index contributed by atoms with van der Waals surface area (Å²) in [5, 5.41) is 0. The van der Waals surface area contributed by atoms with Gasteiger partial charge >= 0.3 is 17.9 Å². The van der Waals surface area contributed by atoms with Crippen LogP contribution in [0.3, 0.4) is 0 Å². The fraction of sp³-hybridized carbons (Fsp3) is 0.828. The average molecular weight is 982 g/mol. The minimum atomic E-state index is -0.775. The van der Waals surface area contributed by atoms with Crippen molar-refractivity contribution in [2.24, 2.45) is 0 Å². The quantitative estimate of drug-likeness (QED) is 0.0261. The van der Waals surface area contributed by atoms with Crippen molar-refractivity contribution in [3.05, 3.63) is 48.6 Å². The molecule has 0 aliphatic heterocycles. The number of hydrogen-bond donors (Lipinski definition) is 0. The Hall–Kier alpha value is -2.63. The van der Waals surface area contributed by atoms with Gasteiger partial charge < -0.3 is 14.2 Å². The Bertz CT molecular complexity index is 1220. The molecule has 70 heavy (non-hydrogen) atoms. The van der Waals surface area contributed by atoms with Crippen molar-refractivity contribution in [1.82, 2.24) is 0 Å². The maximum Gasteiger partial charge on any atom is 0.306 e. The monoisotopic (exact) mass is 981 g/mol. The summed E-state index contributed by atoms with van der Waals surface area (Å²) in [4.78, 5) is 38.2. The number of rotatable bonds is 56. The Labute approximate surface area is 435 Å². The highest BCUT2D eigenvalue weighted by molar-refractivity contribution is 5.71. The maximum atomic E-state index is 12.9. The molecule has 0 aliphatic carbocycles. The maximum absolute atomic E-state index is 12.9. The van der Waals surface area contributed by atoms with Crippen LogP contribution >= 0.6 is 0 Å². The second kappa shape index (κ2) is 58.9. The van der Waals surface area contributed by atoms with E-state index in [-0.39, 0.29) is 31.1 Å². The molecule has 0 aliphatic rings. The molecule has 0 aromatic heterocycles.